The van der Waals surface area contributed by atoms with Gasteiger partial charge in [0.25, 0.3) is 6.43 Å². The number of hydrogen-bond donors (Lipinski definition) is 3. The molecule has 1 aromatic rings. The van der Waals surface area contributed by atoms with Gasteiger partial charge in [-0.25, -0.2) is 8.78 Å². The van der Waals surface area contributed by atoms with E-state index in [9.17, 15) is 13.9 Å². The highest BCUT2D eigenvalue weighted by atomic mass is 19.3. The Morgan fingerprint density at radius 3 is 2.84 bits per heavy atom. The van der Waals surface area contributed by atoms with Crippen LogP contribution in [0.3, 0.4) is 0 Å². The van der Waals surface area contributed by atoms with E-state index >= 15 is 0 Å². The number of pyridine rings is 1. The van der Waals surface area contributed by atoms with Crippen LogP contribution < -0.4 is 5.32 Å². The van der Waals surface area contributed by atoms with Crippen LogP contribution in [-0.4, -0.2) is 41.4 Å². The molecule has 5 nitrogen and oxygen atoms in total. The van der Waals surface area contributed by atoms with Gasteiger partial charge in [0.15, 0.2) is 0 Å². The molecule has 0 saturated heterocycles. The van der Waals surface area contributed by atoms with Crippen molar-refractivity contribution in [2.45, 2.75) is 26.5 Å². The molecule has 0 aliphatic rings. The van der Waals surface area contributed by atoms with Crippen molar-refractivity contribution in [2.75, 3.05) is 19.8 Å². The number of nitrogens with one attached hydrogen (secondary N) is 1. The van der Waals surface area contributed by atoms with Gasteiger partial charge in [0.1, 0.15) is 12.4 Å². The van der Waals surface area contributed by atoms with E-state index in [1.165, 1.54) is 6.20 Å². The van der Waals surface area contributed by atoms with Gasteiger partial charge in [0.2, 0.25) is 0 Å². The lowest BCUT2D eigenvalue weighted by atomic mass is 10.1. The molecule has 0 spiro atoms. The number of aromatic hydroxyl groups is 1. The van der Waals surface area contributed by atoms with E-state index < -0.39 is 13.0 Å². The lowest BCUT2D eigenvalue weighted by molar-refractivity contribution is 0.0187. The minimum atomic E-state index is -2.46. The SMILES string of the molecule is Cc1ncc(CO)c(CNCCOCC(F)F)c1O. The lowest BCUT2D eigenvalue weighted by Crippen LogP contribution is -2.21. The molecule has 108 valence electrons. The van der Waals surface area contributed by atoms with Crippen molar-refractivity contribution >= 4 is 0 Å². The Hall–Kier alpha value is -1.31. The van der Waals surface area contributed by atoms with Crippen molar-refractivity contribution in [2.24, 2.45) is 0 Å². The number of alkyl halides is 2. The molecule has 3 N–H and O–H groups in total. The maximum atomic E-state index is 11.8. The number of aryl methyl sites for hydroxylation is 1. The van der Waals surface area contributed by atoms with Crippen molar-refractivity contribution in [3.05, 3.63) is 23.0 Å². The molecule has 0 fully saturated rings. The molecule has 0 unspecified atom stereocenters. The van der Waals surface area contributed by atoms with Crippen LogP contribution in [0.5, 0.6) is 5.75 Å². The highest BCUT2D eigenvalue weighted by Gasteiger charge is 2.10. The first kappa shape index (κ1) is 15.7. The minimum absolute atomic E-state index is 0.0348. The van der Waals surface area contributed by atoms with Gasteiger partial charge >= 0.3 is 0 Å². The molecular formula is C12H18F2N2O3. The normalized spacial score (nSPS) is 11.2. The first-order chi connectivity index (χ1) is 9.06. The van der Waals surface area contributed by atoms with Crippen LogP contribution in [0.15, 0.2) is 6.20 Å². The van der Waals surface area contributed by atoms with Crippen LogP contribution in [0.2, 0.25) is 0 Å². The third kappa shape index (κ3) is 5.06. The van der Waals surface area contributed by atoms with Crippen molar-refractivity contribution in [3.63, 3.8) is 0 Å². The quantitative estimate of drug-likeness (QED) is 0.617. The average molecular weight is 276 g/mol. The molecule has 1 heterocycles. The molecule has 1 rings (SSSR count). The van der Waals surface area contributed by atoms with Crippen molar-refractivity contribution in [1.82, 2.24) is 10.3 Å². The molecule has 0 aromatic carbocycles. The van der Waals surface area contributed by atoms with Crippen molar-refractivity contribution < 1.29 is 23.7 Å². The Balaban J connectivity index is 2.42. The van der Waals surface area contributed by atoms with Gasteiger partial charge in [0.05, 0.1) is 18.9 Å². The molecule has 0 radical (unpaired) electrons. The number of rotatable bonds is 8. The summed E-state index contributed by atoms with van der Waals surface area (Å²) in [6, 6.07) is 0. The van der Waals surface area contributed by atoms with Crippen LogP contribution in [0.25, 0.3) is 0 Å². The molecule has 0 aliphatic heterocycles. The molecule has 0 bridgehead atoms. The second kappa shape index (κ2) is 7.98. The zero-order valence-electron chi connectivity index (χ0n) is 10.7. The molecule has 0 aliphatic carbocycles. The molecule has 0 atom stereocenters. The van der Waals surface area contributed by atoms with Gasteiger partial charge in [-0.15, -0.1) is 0 Å². The Kier molecular flexibility index (Phi) is 6.61. The maximum absolute atomic E-state index is 11.8. The molecular weight excluding hydrogens is 258 g/mol. The largest absolute Gasteiger partial charge is 0.506 e. The first-order valence-electron chi connectivity index (χ1n) is 5.90. The Bertz CT molecular complexity index is 403. The van der Waals surface area contributed by atoms with E-state index in [2.05, 4.69) is 10.3 Å². The summed E-state index contributed by atoms with van der Waals surface area (Å²) in [6.45, 7) is 1.69. The van der Waals surface area contributed by atoms with E-state index in [0.29, 0.717) is 29.9 Å². The summed E-state index contributed by atoms with van der Waals surface area (Å²) in [6.07, 6.45) is -0.966. The van der Waals surface area contributed by atoms with E-state index in [4.69, 9.17) is 9.84 Å². The zero-order valence-corrected chi connectivity index (χ0v) is 10.7. The van der Waals surface area contributed by atoms with E-state index in [-0.39, 0.29) is 19.0 Å². The second-order valence-corrected chi connectivity index (χ2v) is 4.00. The average Bonchev–Trinajstić information content (AvgIpc) is 2.38. The third-order valence-corrected chi connectivity index (χ3v) is 2.57. The minimum Gasteiger partial charge on any atom is -0.506 e. The first-order valence-corrected chi connectivity index (χ1v) is 5.90. The fourth-order valence-electron chi connectivity index (χ4n) is 1.55. The van der Waals surface area contributed by atoms with E-state index in [1.807, 2.05) is 0 Å². The van der Waals surface area contributed by atoms with Gasteiger partial charge in [-0.05, 0) is 6.92 Å². The van der Waals surface area contributed by atoms with Gasteiger partial charge < -0.3 is 20.3 Å². The smallest absolute Gasteiger partial charge is 0.261 e. The van der Waals surface area contributed by atoms with Crippen LogP contribution >= 0.6 is 0 Å². The molecule has 0 saturated carbocycles. The number of ether oxygens (including phenoxy) is 1. The molecule has 7 heteroatoms. The van der Waals surface area contributed by atoms with Gasteiger partial charge in [-0.3, -0.25) is 4.98 Å². The number of hydrogen-bond acceptors (Lipinski definition) is 5. The predicted molar refractivity (Wildman–Crippen MR) is 65.1 cm³/mol. The summed E-state index contributed by atoms with van der Waals surface area (Å²) in [5.74, 6) is 0.0348. The summed E-state index contributed by atoms with van der Waals surface area (Å²) < 4.78 is 28.3. The summed E-state index contributed by atoms with van der Waals surface area (Å²) in [5, 5.41) is 21.9. The molecule has 0 amide bonds. The third-order valence-electron chi connectivity index (χ3n) is 2.57. The van der Waals surface area contributed by atoms with Crippen LogP contribution in [-0.2, 0) is 17.9 Å². The highest BCUT2D eigenvalue weighted by Crippen LogP contribution is 2.23. The molecule has 1 aromatic heterocycles. The fraction of sp³-hybridized carbons (Fsp3) is 0.583. The summed E-state index contributed by atoms with van der Waals surface area (Å²) in [4.78, 5) is 3.94. The van der Waals surface area contributed by atoms with E-state index in [0.717, 1.165) is 0 Å². The Morgan fingerprint density at radius 1 is 1.47 bits per heavy atom. The lowest BCUT2D eigenvalue weighted by Gasteiger charge is -2.12. The number of aromatic nitrogens is 1. The molecule has 19 heavy (non-hydrogen) atoms. The Labute approximate surface area is 110 Å². The summed E-state index contributed by atoms with van der Waals surface area (Å²) in [5.41, 5.74) is 1.57. The standard InChI is InChI=1S/C12H18F2N2O3/c1-8-12(18)10(9(6-17)4-16-8)5-15-2-3-19-7-11(13)14/h4,11,15,17-18H,2-3,5-7H2,1H3. The van der Waals surface area contributed by atoms with Crippen molar-refractivity contribution in [1.29, 1.82) is 0 Å². The van der Waals surface area contributed by atoms with E-state index in [1.54, 1.807) is 6.92 Å². The van der Waals surface area contributed by atoms with Crippen LogP contribution in [0.4, 0.5) is 8.78 Å². The summed E-state index contributed by atoms with van der Waals surface area (Å²) in [7, 11) is 0. The van der Waals surface area contributed by atoms with Crippen molar-refractivity contribution in [3.8, 4) is 5.75 Å². The predicted octanol–water partition coefficient (Wildman–Crippen LogP) is 0.959. The number of halogens is 2. The van der Waals surface area contributed by atoms with Gasteiger partial charge in [-0.2, -0.15) is 0 Å². The summed E-state index contributed by atoms with van der Waals surface area (Å²) >= 11 is 0. The van der Waals surface area contributed by atoms with Crippen LogP contribution in [0, 0.1) is 6.92 Å². The van der Waals surface area contributed by atoms with Crippen LogP contribution in [0.1, 0.15) is 16.8 Å². The number of aliphatic hydroxyl groups is 1. The Morgan fingerprint density at radius 2 is 2.21 bits per heavy atom. The zero-order chi connectivity index (χ0) is 14.3. The fourth-order valence-corrected chi connectivity index (χ4v) is 1.55. The highest BCUT2D eigenvalue weighted by molar-refractivity contribution is 5.40. The second-order valence-electron chi connectivity index (χ2n) is 4.00. The number of nitrogens with zero attached hydrogens (tertiary/aromatic N) is 1. The van der Waals surface area contributed by atoms with Gasteiger partial charge in [-0.1, -0.05) is 0 Å². The van der Waals surface area contributed by atoms with Gasteiger partial charge in [0, 0.05) is 30.4 Å². The monoisotopic (exact) mass is 276 g/mol. The number of aliphatic hydroxyl groups excluding tert-OH is 1. The topological polar surface area (TPSA) is 74.6 Å². The maximum Gasteiger partial charge on any atom is 0.261 e.